The van der Waals surface area contributed by atoms with Gasteiger partial charge in [-0.2, -0.15) is 5.26 Å². The largest absolute Gasteiger partial charge is 0.493 e. The van der Waals surface area contributed by atoms with Crippen LogP contribution in [0.4, 0.5) is 0 Å². The lowest BCUT2D eigenvalue weighted by Crippen LogP contribution is -2.70. The van der Waals surface area contributed by atoms with Gasteiger partial charge >= 0.3 is 0 Å². The number of aliphatic hydroxyl groups excluding tert-OH is 2. The number of hydrogen-bond donors (Lipinski definition) is 2. The van der Waals surface area contributed by atoms with Crippen molar-refractivity contribution in [2.24, 2.45) is 22.9 Å². The van der Waals surface area contributed by atoms with Crippen LogP contribution in [0.1, 0.15) is 92.6 Å². The zero-order chi connectivity index (χ0) is 41.6. The van der Waals surface area contributed by atoms with Gasteiger partial charge in [0.1, 0.15) is 24.1 Å². The van der Waals surface area contributed by atoms with Crippen LogP contribution in [0.2, 0.25) is 0 Å². The average molecular weight is 822 g/mol. The zero-order valence-electron chi connectivity index (χ0n) is 34.5. The van der Waals surface area contributed by atoms with Crippen molar-refractivity contribution >= 4 is 23.4 Å². The Bertz CT molecular complexity index is 1950. The number of thioether (sulfide) groups is 1. The molecule has 11 heteroatoms. The van der Waals surface area contributed by atoms with Crippen LogP contribution in [0, 0.1) is 29.1 Å². The van der Waals surface area contributed by atoms with E-state index in [1.54, 1.807) is 42.1 Å². The highest BCUT2D eigenvalue weighted by Crippen LogP contribution is 2.62. The van der Waals surface area contributed by atoms with Crippen LogP contribution in [0.3, 0.4) is 0 Å². The Morgan fingerprint density at radius 2 is 1.81 bits per heavy atom. The van der Waals surface area contributed by atoms with Gasteiger partial charge in [-0.05, 0) is 111 Å². The number of nitriles is 1. The third-order valence-corrected chi connectivity index (χ3v) is 12.7. The fraction of sp³-hybridized carbons (Fsp3) is 0.479. The van der Waals surface area contributed by atoms with E-state index >= 15 is 0 Å². The number of hydrogen-bond acceptors (Lipinski definition) is 10. The summed E-state index contributed by atoms with van der Waals surface area (Å²) in [4.78, 5) is 23.7. The quantitative estimate of drug-likeness (QED) is 0.0441. The summed E-state index contributed by atoms with van der Waals surface area (Å²) < 4.78 is 20.9. The van der Waals surface area contributed by atoms with Gasteiger partial charge in [-0.3, -0.25) is 4.79 Å². The molecule has 3 aromatic carbocycles. The lowest BCUT2D eigenvalue weighted by atomic mass is 9.55. The normalized spacial score (nSPS) is 23.5. The Hall–Kier alpha value is -4.60. The first kappa shape index (κ1) is 44.0. The van der Waals surface area contributed by atoms with E-state index in [-0.39, 0.29) is 43.5 Å². The maximum absolute atomic E-state index is 14.8. The molecule has 1 aliphatic heterocycles. The Kier molecular flexibility index (Phi) is 16.1. The van der Waals surface area contributed by atoms with Gasteiger partial charge in [0, 0.05) is 53.9 Å². The van der Waals surface area contributed by atoms with Gasteiger partial charge in [-0.25, -0.2) is 0 Å². The Labute approximate surface area is 353 Å². The van der Waals surface area contributed by atoms with Crippen molar-refractivity contribution in [1.82, 2.24) is 4.90 Å². The van der Waals surface area contributed by atoms with Crippen molar-refractivity contribution in [3.63, 3.8) is 0 Å². The third-order valence-electron chi connectivity index (χ3n) is 11.7. The minimum Gasteiger partial charge on any atom is -0.493 e. The number of nitrogens with zero attached hydrogens (tertiary/aromatic N) is 3. The highest BCUT2D eigenvalue weighted by molar-refractivity contribution is 7.99. The van der Waals surface area contributed by atoms with Gasteiger partial charge in [0.05, 0.1) is 36.5 Å². The van der Waals surface area contributed by atoms with Crippen molar-refractivity contribution in [1.29, 1.82) is 5.26 Å². The number of fused-ring (bicyclic) bond motifs is 2. The predicted octanol–water partition coefficient (Wildman–Crippen LogP) is 8.94. The fourth-order valence-electron chi connectivity index (χ4n) is 9.21. The SMILES string of the molecule is C=CCO[C@@]12Oc3ccc(OCCSc4ccccc4)cc3[C@H]3[C@H](CCCCO)[C@@H](CCCCO)C=C(C(=NOCC)C[C@@H]1N(CCC)C(=O)c1ccc(C#N)cc1)[C@H]32. The Balaban J connectivity index is 1.51. The molecular weight excluding hydrogens is 763 g/mol. The first-order chi connectivity index (χ1) is 28.9. The first-order valence-corrected chi connectivity index (χ1v) is 22.2. The van der Waals surface area contributed by atoms with Crippen LogP contribution >= 0.6 is 11.8 Å². The minimum absolute atomic E-state index is 0.105. The summed E-state index contributed by atoms with van der Waals surface area (Å²) in [7, 11) is 0. The van der Waals surface area contributed by atoms with Crippen LogP contribution in [-0.2, 0) is 9.57 Å². The molecule has 10 nitrogen and oxygen atoms in total. The summed E-state index contributed by atoms with van der Waals surface area (Å²) in [6, 6.07) is 24.7. The van der Waals surface area contributed by atoms with E-state index in [0.717, 1.165) is 54.0 Å². The second-order valence-electron chi connectivity index (χ2n) is 15.4. The molecule has 1 saturated carbocycles. The molecule has 0 spiro atoms. The smallest absolute Gasteiger partial charge is 0.254 e. The fourth-order valence-corrected chi connectivity index (χ4v) is 9.96. The van der Waals surface area contributed by atoms with Crippen LogP contribution < -0.4 is 9.47 Å². The molecule has 6 rings (SSSR count). The number of ether oxygens (including phenoxy) is 3. The number of carbonyl (C=O) groups excluding carboxylic acids is 1. The van der Waals surface area contributed by atoms with E-state index in [2.05, 4.69) is 36.9 Å². The number of amides is 1. The van der Waals surface area contributed by atoms with Gasteiger partial charge in [0.2, 0.25) is 5.79 Å². The molecule has 314 valence electrons. The lowest BCUT2D eigenvalue weighted by molar-refractivity contribution is -0.254. The molecule has 0 bridgehead atoms. The van der Waals surface area contributed by atoms with Crippen LogP contribution in [0.15, 0.2) is 107 Å². The standard InChI is InChI=1S/C48H59N3O7S/c1-4-24-51(47(54)35-20-18-34(33-49)19-21-35)44-32-42(50-57-6-3)40-30-36(14-10-12-25-52)39(17-11-13-26-53)45-41-31-37(55-28-29-59-38-15-8-7-9-16-38)22-23-43(41)58-48(44,46(40)45)56-27-5-2/h5,7-9,15-16,18-23,30-31,36,39,44-46,52-53H,2,4,6,10-14,17,24-29,32H2,1,3H3/t36-,39+,44-,45+,46+,48+/m0/s1. The monoisotopic (exact) mass is 821 g/mol. The average Bonchev–Trinajstić information content (AvgIpc) is 3.27. The molecule has 1 amide bonds. The molecule has 1 heterocycles. The second-order valence-corrected chi connectivity index (χ2v) is 16.6. The van der Waals surface area contributed by atoms with E-state index in [1.165, 1.54) is 4.90 Å². The molecule has 1 fully saturated rings. The van der Waals surface area contributed by atoms with Gasteiger partial charge in [-0.1, -0.05) is 55.3 Å². The summed E-state index contributed by atoms with van der Waals surface area (Å²) in [5.41, 5.74) is 3.72. The lowest BCUT2D eigenvalue weighted by Gasteiger charge is -2.60. The van der Waals surface area contributed by atoms with E-state index in [0.29, 0.717) is 62.3 Å². The molecule has 3 aromatic rings. The first-order valence-electron chi connectivity index (χ1n) is 21.2. The van der Waals surface area contributed by atoms with Gasteiger partial charge in [0.15, 0.2) is 0 Å². The van der Waals surface area contributed by atoms with Crippen LogP contribution in [0.5, 0.6) is 11.5 Å². The highest BCUT2D eigenvalue weighted by atomic mass is 32.2. The van der Waals surface area contributed by atoms with Gasteiger partial charge in [-0.15, -0.1) is 18.3 Å². The van der Waals surface area contributed by atoms with Gasteiger partial charge < -0.3 is 34.2 Å². The van der Waals surface area contributed by atoms with Crippen molar-refractivity contribution < 1.29 is 34.1 Å². The van der Waals surface area contributed by atoms with Gasteiger partial charge in [0.25, 0.3) is 5.91 Å². The van der Waals surface area contributed by atoms with E-state index < -0.39 is 17.7 Å². The van der Waals surface area contributed by atoms with Crippen molar-refractivity contribution in [2.75, 3.05) is 45.3 Å². The molecular formula is C48H59N3O7S. The molecule has 59 heavy (non-hydrogen) atoms. The number of unbranched alkanes of at least 4 members (excludes halogenated alkanes) is 2. The Morgan fingerprint density at radius 1 is 1.05 bits per heavy atom. The number of carbonyl (C=O) groups is 1. The third kappa shape index (κ3) is 10.1. The number of rotatable bonds is 22. The summed E-state index contributed by atoms with van der Waals surface area (Å²) >= 11 is 1.75. The van der Waals surface area contributed by atoms with Crippen molar-refractivity contribution in [3.05, 3.63) is 114 Å². The predicted molar refractivity (Wildman–Crippen MR) is 232 cm³/mol. The van der Waals surface area contributed by atoms with E-state index in [9.17, 15) is 20.3 Å². The van der Waals surface area contributed by atoms with Crippen molar-refractivity contribution in [2.45, 2.75) is 87.9 Å². The van der Waals surface area contributed by atoms with Crippen LogP contribution in [0.25, 0.3) is 0 Å². The summed E-state index contributed by atoms with van der Waals surface area (Å²) in [5.74, 6) is 0.361. The molecule has 0 aromatic heterocycles. The minimum atomic E-state index is -1.35. The number of benzene rings is 3. The molecule has 0 radical (unpaired) electrons. The van der Waals surface area contributed by atoms with Crippen molar-refractivity contribution in [3.8, 4) is 17.6 Å². The maximum atomic E-state index is 14.8. The molecule has 3 aliphatic rings. The van der Waals surface area contributed by atoms with E-state index in [4.69, 9.17) is 24.2 Å². The second kappa shape index (κ2) is 21.6. The molecule has 0 unspecified atom stereocenters. The highest BCUT2D eigenvalue weighted by Gasteiger charge is 2.65. The number of aliphatic hydroxyl groups is 2. The molecule has 2 aliphatic carbocycles. The Morgan fingerprint density at radius 3 is 2.51 bits per heavy atom. The van der Waals surface area contributed by atoms with E-state index in [1.807, 2.05) is 49.1 Å². The molecule has 2 N–H and O–H groups in total. The van der Waals surface area contributed by atoms with Crippen LogP contribution in [-0.4, -0.2) is 83.9 Å². The molecule has 0 saturated heterocycles. The summed E-state index contributed by atoms with van der Waals surface area (Å²) in [5, 5.41) is 34.1. The number of allylic oxidation sites excluding steroid dienone is 1. The summed E-state index contributed by atoms with van der Waals surface area (Å²) in [6.07, 6.45) is 9.86. The zero-order valence-corrected chi connectivity index (χ0v) is 35.3. The topological polar surface area (TPSA) is 134 Å². The summed E-state index contributed by atoms with van der Waals surface area (Å²) in [6.45, 7) is 9.73. The maximum Gasteiger partial charge on any atom is 0.254 e. The number of oxime groups is 1. The molecule has 6 atom stereocenters.